The number of amides is 1. The summed E-state index contributed by atoms with van der Waals surface area (Å²) in [5.41, 5.74) is 0. The Hall–Kier alpha value is -1.92. The molecule has 6 heteroatoms. The van der Waals surface area contributed by atoms with Crippen molar-refractivity contribution in [3.05, 3.63) is 36.5 Å². The van der Waals surface area contributed by atoms with Crippen LogP contribution in [0.2, 0.25) is 0 Å². The molecule has 0 rings (SSSR count). The number of carbonyl (C=O) groups excluding carboxylic acids is 2. The lowest BCUT2D eigenvalue weighted by Gasteiger charge is -2.22. The van der Waals surface area contributed by atoms with Gasteiger partial charge in [0.15, 0.2) is 0 Å². The molecule has 0 fully saturated rings. The molecule has 3 N–H and O–H groups in total. The van der Waals surface area contributed by atoms with Gasteiger partial charge in [0.05, 0.1) is 25.4 Å². The summed E-state index contributed by atoms with van der Waals surface area (Å²) in [5, 5.41) is 23.4. The molecule has 0 aliphatic rings. The van der Waals surface area contributed by atoms with Crippen LogP contribution in [0.4, 0.5) is 0 Å². The molecule has 0 heterocycles. The Kier molecular flexibility index (Phi) is 63.0. The number of nitrogens with one attached hydrogen (secondary N) is 1. The molecule has 0 aliphatic heterocycles. The van der Waals surface area contributed by atoms with Crippen molar-refractivity contribution in [1.82, 2.24) is 5.32 Å². The molecular formula is C69H131NO5. The van der Waals surface area contributed by atoms with E-state index in [0.29, 0.717) is 25.9 Å². The van der Waals surface area contributed by atoms with Gasteiger partial charge in [-0.2, -0.15) is 0 Å². The second kappa shape index (κ2) is 64.6. The van der Waals surface area contributed by atoms with Gasteiger partial charge in [-0.15, -0.1) is 0 Å². The predicted molar refractivity (Wildman–Crippen MR) is 329 cm³/mol. The van der Waals surface area contributed by atoms with Crippen molar-refractivity contribution in [2.45, 2.75) is 379 Å². The third-order valence-corrected chi connectivity index (χ3v) is 15.7. The minimum absolute atomic E-state index is 0.0000689. The van der Waals surface area contributed by atoms with E-state index in [1.807, 2.05) is 0 Å². The smallest absolute Gasteiger partial charge is 0.305 e. The minimum Gasteiger partial charge on any atom is -0.466 e. The summed E-state index contributed by atoms with van der Waals surface area (Å²) in [7, 11) is 0. The van der Waals surface area contributed by atoms with Crippen molar-refractivity contribution < 1.29 is 24.5 Å². The number of rotatable bonds is 63. The van der Waals surface area contributed by atoms with Crippen LogP contribution in [0.3, 0.4) is 0 Å². The lowest BCUT2D eigenvalue weighted by molar-refractivity contribution is -0.143. The molecule has 0 saturated heterocycles. The van der Waals surface area contributed by atoms with E-state index in [0.717, 1.165) is 51.4 Å². The van der Waals surface area contributed by atoms with Crippen LogP contribution in [0.25, 0.3) is 0 Å². The molecule has 0 radical (unpaired) electrons. The van der Waals surface area contributed by atoms with Gasteiger partial charge in [-0.25, -0.2) is 0 Å². The summed E-state index contributed by atoms with van der Waals surface area (Å²) in [5.74, 6) is -0.0379. The van der Waals surface area contributed by atoms with Gasteiger partial charge in [0, 0.05) is 12.8 Å². The van der Waals surface area contributed by atoms with Crippen molar-refractivity contribution in [2.24, 2.45) is 0 Å². The van der Waals surface area contributed by atoms with Crippen LogP contribution in [0, 0.1) is 0 Å². The Morgan fingerprint density at radius 3 is 1.04 bits per heavy atom. The maximum Gasteiger partial charge on any atom is 0.305 e. The number of ether oxygens (including phenoxy) is 1. The highest BCUT2D eigenvalue weighted by Crippen LogP contribution is 2.18. The fourth-order valence-corrected chi connectivity index (χ4v) is 10.5. The third kappa shape index (κ3) is 61.2. The number of allylic oxidation sites excluding steroid dienone is 6. The Morgan fingerprint density at radius 2 is 0.667 bits per heavy atom. The van der Waals surface area contributed by atoms with Crippen molar-refractivity contribution in [3.63, 3.8) is 0 Å². The Bertz CT molecular complexity index is 1210. The zero-order valence-electron chi connectivity index (χ0n) is 50.5. The molecule has 442 valence electrons. The summed E-state index contributed by atoms with van der Waals surface area (Å²) in [4.78, 5) is 24.6. The largest absolute Gasteiger partial charge is 0.466 e. The fraction of sp³-hybridized carbons (Fsp3) is 0.884. The van der Waals surface area contributed by atoms with Crippen LogP contribution in [0.5, 0.6) is 0 Å². The molecule has 2 atom stereocenters. The van der Waals surface area contributed by atoms with E-state index in [2.05, 4.69) is 55.6 Å². The summed E-state index contributed by atoms with van der Waals surface area (Å²) < 4.78 is 5.47. The molecule has 0 aliphatic carbocycles. The second-order valence-electron chi connectivity index (χ2n) is 23.1. The van der Waals surface area contributed by atoms with Crippen LogP contribution >= 0.6 is 0 Å². The zero-order valence-corrected chi connectivity index (χ0v) is 50.5. The monoisotopic (exact) mass is 1050 g/mol. The first-order valence-electron chi connectivity index (χ1n) is 33.7. The van der Waals surface area contributed by atoms with Gasteiger partial charge in [0.25, 0.3) is 0 Å². The van der Waals surface area contributed by atoms with E-state index in [-0.39, 0.29) is 18.5 Å². The van der Waals surface area contributed by atoms with Crippen LogP contribution in [0.15, 0.2) is 36.5 Å². The van der Waals surface area contributed by atoms with Crippen molar-refractivity contribution >= 4 is 11.9 Å². The number of carbonyl (C=O) groups is 2. The third-order valence-electron chi connectivity index (χ3n) is 15.7. The molecule has 0 bridgehead atoms. The SMILES string of the molecule is CCCCCC/C=C\CCCCCCCC(=O)OCCCCCCCCCCC/C=C\C/C=C\CCCCCCCCCCCC(=O)NC(CO)C(O)CCCCCCCCCCCCCCCCCCCCCC. The Balaban J connectivity index is 3.44. The van der Waals surface area contributed by atoms with Crippen LogP contribution < -0.4 is 5.32 Å². The Morgan fingerprint density at radius 1 is 0.373 bits per heavy atom. The highest BCUT2D eigenvalue weighted by Gasteiger charge is 2.20. The molecule has 0 aromatic carbocycles. The first-order valence-corrected chi connectivity index (χ1v) is 33.7. The molecular weight excluding hydrogens is 923 g/mol. The lowest BCUT2D eigenvalue weighted by Crippen LogP contribution is -2.45. The van der Waals surface area contributed by atoms with Crippen LogP contribution in [-0.2, 0) is 14.3 Å². The van der Waals surface area contributed by atoms with Crippen molar-refractivity contribution in [2.75, 3.05) is 13.2 Å². The molecule has 1 amide bonds. The quantitative estimate of drug-likeness (QED) is 0.0320. The number of aliphatic hydroxyl groups is 2. The van der Waals surface area contributed by atoms with Crippen LogP contribution in [-0.4, -0.2) is 47.4 Å². The average molecular weight is 1050 g/mol. The van der Waals surface area contributed by atoms with Gasteiger partial charge in [-0.3, -0.25) is 9.59 Å². The Labute approximate surface area is 468 Å². The van der Waals surface area contributed by atoms with Crippen molar-refractivity contribution in [1.29, 1.82) is 0 Å². The van der Waals surface area contributed by atoms with E-state index in [9.17, 15) is 19.8 Å². The summed E-state index contributed by atoms with van der Waals surface area (Å²) >= 11 is 0. The normalized spacial score (nSPS) is 12.7. The van der Waals surface area contributed by atoms with Gasteiger partial charge in [-0.05, 0) is 83.5 Å². The van der Waals surface area contributed by atoms with E-state index in [1.54, 1.807) is 0 Å². The molecule has 2 unspecified atom stereocenters. The minimum atomic E-state index is -0.670. The van der Waals surface area contributed by atoms with Gasteiger partial charge in [0.1, 0.15) is 0 Å². The number of unbranched alkanes of at least 4 members (excludes halogenated alkanes) is 46. The number of hydrogen-bond donors (Lipinski definition) is 3. The maximum absolute atomic E-state index is 12.5. The molecule has 0 aromatic rings. The summed E-state index contributed by atoms with van der Waals surface area (Å²) in [6.45, 7) is 4.95. The van der Waals surface area contributed by atoms with Gasteiger partial charge in [-0.1, -0.05) is 307 Å². The van der Waals surface area contributed by atoms with E-state index < -0.39 is 12.1 Å². The molecule has 0 aromatic heterocycles. The lowest BCUT2D eigenvalue weighted by atomic mass is 10.0. The summed E-state index contributed by atoms with van der Waals surface area (Å²) in [6, 6.07) is -0.547. The number of hydrogen-bond acceptors (Lipinski definition) is 5. The first kappa shape index (κ1) is 73.1. The van der Waals surface area contributed by atoms with Gasteiger partial charge in [0.2, 0.25) is 5.91 Å². The predicted octanol–water partition coefficient (Wildman–Crippen LogP) is 21.5. The highest BCUT2D eigenvalue weighted by atomic mass is 16.5. The van der Waals surface area contributed by atoms with Crippen molar-refractivity contribution in [3.8, 4) is 0 Å². The molecule has 0 spiro atoms. The standard InChI is InChI=1S/C69H131NO5/c1-3-5-7-9-11-13-15-17-18-19-20-28-31-34-38-41-45-49-53-57-61-67(72)66(65-71)70-68(73)62-58-54-50-46-42-39-35-32-29-26-24-22-21-23-25-27-30-33-36-40-44-48-52-56-60-64-75-69(74)63-59-55-51-47-43-37-16-14-12-10-8-6-4-2/h14,16,22-25,66-67,71-72H,3-13,15,17-21,26-65H2,1-2H3,(H,70,73)/b16-14-,24-22-,25-23-. The molecule has 75 heavy (non-hydrogen) atoms. The fourth-order valence-electron chi connectivity index (χ4n) is 10.5. The highest BCUT2D eigenvalue weighted by molar-refractivity contribution is 5.76. The van der Waals surface area contributed by atoms with E-state index >= 15 is 0 Å². The first-order chi connectivity index (χ1) is 37.0. The van der Waals surface area contributed by atoms with Crippen LogP contribution in [0.1, 0.15) is 367 Å². The van der Waals surface area contributed by atoms with E-state index in [4.69, 9.17) is 4.74 Å². The van der Waals surface area contributed by atoms with E-state index in [1.165, 1.54) is 283 Å². The number of aliphatic hydroxyl groups excluding tert-OH is 2. The second-order valence-corrected chi connectivity index (χ2v) is 23.1. The average Bonchev–Trinajstić information content (AvgIpc) is 3.41. The topological polar surface area (TPSA) is 95.9 Å². The van der Waals surface area contributed by atoms with Gasteiger partial charge >= 0.3 is 5.97 Å². The summed E-state index contributed by atoms with van der Waals surface area (Å²) in [6.07, 6.45) is 81.7. The number of esters is 1. The van der Waals surface area contributed by atoms with Gasteiger partial charge < -0.3 is 20.3 Å². The maximum atomic E-state index is 12.5. The molecule has 0 saturated carbocycles. The zero-order chi connectivity index (χ0) is 54.3. The molecule has 6 nitrogen and oxygen atoms in total.